The van der Waals surface area contributed by atoms with Crippen LogP contribution in [0, 0.1) is 6.92 Å². The standard InChI is InChI=1S/C16H28N4/c1-4-9-17-12-15-8-6-7-10-20(15)16-11-14(5-2)18-13(3)19-16/h11,15,17H,4-10,12H2,1-3H3. The highest BCUT2D eigenvalue weighted by molar-refractivity contribution is 5.42. The molecule has 1 aliphatic rings. The molecule has 1 atom stereocenters. The SMILES string of the molecule is CCCNCC1CCCCN1c1cc(CC)nc(C)n1. The predicted molar refractivity (Wildman–Crippen MR) is 84.3 cm³/mol. The van der Waals surface area contributed by atoms with Crippen LogP contribution in [0.15, 0.2) is 6.07 Å². The average Bonchev–Trinajstić information content (AvgIpc) is 2.47. The fraction of sp³-hybridized carbons (Fsp3) is 0.750. The van der Waals surface area contributed by atoms with E-state index in [1.807, 2.05) is 6.92 Å². The molecule has 112 valence electrons. The molecular formula is C16H28N4. The fourth-order valence-electron chi connectivity index (χ4n) is 2.90. The highest BCUT2D eigenvalue weighted by Crippen LogP contribution is 2.23. The average molecular weight is 276 g/mol. The number of rotatable bonds is 6. The molecule has 2 rings (SSSR count). The predicted octanol–water partition coefficient (Wildman–Crippen LogP) is 2.71. The zero-order valence-electron chi connectivity index (χ0n) is 13.2. The van der Waals surface area contributed by atoms with Gasteiger partial charge in [0, 0.05) is 30.9 Å². The molecule has 0 saturated carbocycles. The normalized spacial score (nSPS) is 19.4. The summed E-state index contributed by atoms with van der Waals surface area (Å²) in [4.78, 5) is 11.7. The Balaban J connectivity index is 2.12. The number of aryl methyl sites for hydroxylation is 2. The number of hydrogen-bond acceptors (Lipinski definition) is 4. The monoisotopic (exact) mass is 276 g/mol. The van der Waals surface area contributed by atoms with E-state index in [0.717, 1.165) is 43.4 Å². The van der Waals surface area contributed by atoms with Gasteiger partial charge in [0.25, 0.3) is 0 Å². The van der Waals surface area contributed by atoms with E-state index in [4.69, 9.17) is 0 Å². The second kappa shape index (κ2) is 7.58. The lowest BCUT2D eigenvalue weighted by Crippen LogP contribution is -2.46. The molecule has 0 bridgehead atoms. The number of anilines is 1. The fourth-order valence-corrected chi connectivity index (χ4v) is 2.90. The number of nitrogens with zero attached hydrogens (tertiary/aromatic N) is 3. The van der Waals surface area contributed by atoms with Crippen molar-refractivity contribution in [3.63, 3.8) is 0 Å². The van der Waals surface area contributed by atoms with Gasteiger partial charge >= 0.3 is 0 Å². The molecule has 2 heterocycles. The molecular weight excluding hydrogens is 248 g/mol. The molecule has 0 amide bonds. The molecule has 1 aliphatic heterocycles. The molecule has 1 saturated heterocycles. The van der Waals surface area contributed by atoms with Gasteiger partial charge in [0.15, 0.2) is 0 Å². The molecule has 1 fully saturated rings. The van der Waals surface area contributed by atoms with Crippen LogP contribution in [0.4, 0.5) is 5.82 Å². The van der Waals surface area contributed by atoms with Crippen molar-refractivity contribution in [2.24, 2.45) is 0 Å². The van der Waals surface area contributed by atoms with Crippen LogP contribution >= 0.6 is 0 Å². The summed E-state index contributed by atoms with van der Waals surface area (Å²) >= 11 is 0. The van der Waals surface area contributed by atoms with Gasteiger partial charge in [0.2, 0.25) is 0 Å². The van der Waals surface area contributed by atoms with Gasteiger partial charge in [-0.05, 0) is 45.6 Å². The third-order valence-corrected chi connectivity index (χ3v) is 3.97. The number of nitrogens with one attached hydrogen (secondary N) is 1. The summed E-state index contributed by atoms with van der Waals surface area (Å²) in [6, 6.07) is 2.75. The van der Waals surface area contributed by atoms with Crippen molar-refractivity contribution in [3.05, 3.63) is 17.6 Å². The molecule has 4 nitrogen and oxygen atoms in total. The first kappa shape index (κ1) is 15.2. The smallest absolute Gasteiger partial charge is 0.132 e. The van der Waals surface area contributed by atoms with E-state index in [9.17, 15) is 0 Å². The maximum Gasteiger partial charge on any atom is 0.132 e. The van der Waals surface area contributed by atoms with Crippen molar-refractivity contribution in [1.29, 1.82) is 0 Å². The second-order valence-electron chi connectivity index (χ2n) is 5.67. The lowest BCUT2D eigenvalue weighted by molar-refractivity contribution is 0.432. The van der Waals surface area contributed by atoms with Gasteiger partial charge in [0.1, 0.15) is 11.6 Å². The summed E-state index contributed by atoms with van der Waals surface area (Å²) < 4.78 is 0. The summed E-state index contributed by atoms with van der Waals surface area (Å²) in [7, 11) is 0. The second-order valence-corrected chi connectivity index (χ2v) is 5.67. The van der Waals surface area contributed by atoms with Crippen molar-refractivity contribution in [3.8, 4) is 0 Å². The summed E-state index contributed by atoms with van der Waals surface area (Å²) in [5.74, 6) is 2.02. The van der Waals surface area contributed by atoms with Crippen LogP contribution in [-0.4, -0.2) is 35.6 Å². The van der Waals surface area contributed by atoms with Crippen molar-refractivity contribution < 1.29 is 0 Å². The van der Waals surface area contributed by atoms with Crippen molar-refractivity contribution >= 4 is 5.82 Å². The Bertz CT molecular complexity index is 419. The zero-order chi connectivity index (χ0) is 14.4. The van der Waals surface area contributed by atoms with Crippen molar-refractivity contribution in [2.75, 3.05) is 24.5 Å². The van der Waals surface area contributed by atoms with Gasteiger partial charge in [0.05, 0.1) is 0 Å². The van der Waals surface area contributed by atoms with Crippen LogP contribution in [0.5, 0.6) is 0 Å². The Kier molecular flexibility index (Phi) is 5.77. The highest BCUT2D eigenvalue weighted by atomic mass is 15.2. The van der Waals surface area contributed by atoms with Gasteiger partial charge < -0.3 is 10.2 Å². The van der Waals surface area contributed by atoms with E-state index in [2.05, 4.69) is 40.1 Å². The van der Waals surface area contributed by atoms with Gasteiger partial charge in [-0.3, -0.25) is 0 Å². The van der Waals surface area contributed by atoms with E-state index in [-0.39, 0.29) is 0 Å². The summed E-state index contributed by atoms with van der Waals surface area (Å²) in [5.41, 5.74) is 1.15. The van der Waals surface area contributed by atoms with Gasteiger partial charge in [-0.1, -0.05) is 13.8 Å². The quantitative estimate of drug-likeness (QED) is 0.811. The Labute approximate surface area is 123 Å². The van der Waals surface area contributed by atoms with Crippen molar-refractivity contribution in [1.82, 2.24) is 15.3 Å². The molecule has 1 aromatic rings. The minimum atomic E-state index is 0.578. The van der Waals surface area contributed by atoms with E-state index >= 15 is 0 Å². The molecule has 0 aromatic carbocycles. The Morgan fingerprint density at radius 2 is 2.15 bits per heavy atom. The first-order chi connectivity index (χ1) is 9.74. The molecule has 1 aromatic heterocycles. The largest absolute Gasteiger partial charge is 0.352 e. The summed E-state index contributed by atoms with van der Waals surface area (Å²) in [6.45, 7) is 9.66. The van der Waals surface area contributed by atoms with E-state index in [1.54, 1.807) is 0 Å². The van der Waals surface area contributed by atoms with Gasteiger partial charge in [-0.15, -0.1) is 0 Å². The van der Waals surface area contributed by atoms with Crippen LogP contribution in [0.25, 0.3) is 0 Å². The maximum atomic E-state index is 4.67. The molecule has 20 heavy (non-hydrogen) atoms. The van der Waals surface area contributed by atoms with E-state index in [0.29, 0.717) is 6.04 Å². The van der Waals surface area contributed by atoms with Crippen LogP contribution in [-0.2, 0) is 6.42 Å². The van der Waals surface area contributed by atoms with Gasteiger partial charge in [-0.25, -0.2) is 9.97 Å². The molecule has 4 heteroatoms. The topological polar surface area (TPSA) is 41.0 Å². The number of piperidine rings is 1. The molecule has 0 spiro atoms. The molecule has 1 unspecified atom stereocenters. The van der Waals surface area contributed by atoms with Crippen LogP contribution in [0.1, 0.15) is 51.0 Å². The van der Waals surface area contributed by atoms with Crippen molar-refractivity contribution in [2.45, 2.75) is 58.9 Å². The first-order valence-electron chi connectivity index (χ1n) is 8.06. The van der Waals surface area contributed by atoms with Crippen LogP contribution < -0.4 is 10.2 Å². The van der Waals surface area contributed by atoms with Gasteiger partial charge in [-0.2, -0.15) is 0 Å². The Morgan fingerprint density at radius 1 is 1.30 bits per heavy atom. The minimum Gasteiger partial charge on any atom is -0.352 e. The lowest BCUT2D eigenvalue weighted by Gasteiger charge is -2.37. The minimum absolute atomic E-state index is 0.578. The Morgan fingerprint density at radius 3 is 2.90 bits per heavy atom. The third kappa shape index (κ3) is 3.92. The number of aromatic nitrogens is 2. The third-order valence-electron chi connectivity index (χ3n) is 3.97. The van der Waals surface area contributed by atoms with Crippen LogP contribution in [0.2, 0.25) is 0 Å². The zero-order valence-corrected chi connectivity index (χ0v) is 13.2. The lowest BCUT2D eigenvalue weighted by atomic mass is 10.0. The molecule has 1 N–H and O–H groups in total. The maximum absolute atomic E-state index is 4.67. The molecule has 0 aliphatic carbocycles. The van der Waals surface area contributed by atoms with E-state index < -0.39 is 0 Å². The molecule has 0 radical (unpaired) electrons. The highest BCUT2D eigenvalue weighted by Gasteiger charge is 2.23. The van der Waals surface area contributed by atoms with Crippen LogP contribution in [0.3, 0.4) is 0 Å². The number of hydrogen-bond donors (Lipinski definition) is 1. The first-order valence-corrected chi connectivity index (χ1v) is 8.06. The Hall–Kier alpha value is -1.16. The van der Waals surface area contributed by atoms with E-state index in [1.165, 1.54) is 25.7 Å². The summed E-state index contributed by atoms with van der Waals surface area (Å²) in [5, 5.41) is 3.56. The summed E-state index contributed by atoms with van der Waals surface area (Å²) in [6.07, 6.45) is 6.04.